The van der Waals surface area contributed by atoms with E-state index in [0.717, 1.165) is 25.2 Å². The average molecular weight is 287 g/mol. The fraction of sp³-hybridized carbons (Fsp3) is 0.400. The summed E-state index contributed by atoms with van der Waals surface area (Å²) in [5.74, 6) is -0.956. The molecule has 0 saturated carbocycles. The predicted molar refractivity (Wildman–Crippen MR) is 78.6 cm³/mol. The van der Waals surface area contributed by atoms with Crippen LogP contribution in [0.15, 0.2) is 18.2 Å². The Kier molecular flexibility index (Phi) is 3.16. The number of ketones is 1. The van der Waals surface area contributed by atoms with Gasteiger partial charge in [-0.2, -0.15) is 0 Å². The number of nitrogens with zero attached hydrogens (tertiary/aromatic N) is 2. The number of Topliss-reactive ketones (excluding diaryl/α,β-unsaturated/α-hetero) is 1. The zero-order valence-corrected chi connectivity index (χ0v) is 12.0. The monoisotopic (exact) mass is 287 g/mol. The minimum atomic E-state index is -0.486. The van der Waals surface area contributed by atoms with Crippen LogP contribution in [0.1, 0.15) is 23.7 Å². The number of fused-ring (bicyclic) bond motifs is 1. The lowest BCUT2D eigenvalue weighted by Crippen LogP contribution is -2.35. The average Bonchev–Trinajstić information content (AvgIpc) is 2.98. The van der Waals surface area contributed by atoms with E-state index in [1.165, 1.54) is 11.8 Å². The highest BCUT2D eigenvalue weighted by Crippen LogP contribution is 2.32. The van der Waals surface area contributed by atoms with Gasteiger partial charge in [0.2, 0.25) is 5.91 Å². The third-order valence-corrected chi connectivity index (χ3v) is 4.05. The molecular weight excluding hydrogens is 270 g/mol. The zero-order chi connectivity index (χ0) is 15.1. The summed E-state index contributed by atoms with van der Waals surface area (Å²) in [4.78, 5) is 38.1. The second kappa shape index (κ2) is 4.87. The standard InChI is InChI=1S/C15H17N3O3/c1-9(19)16-10-5-6-18(8-10)11-3-4-12-13(7-11)17(2)15(21)14(12)20/h3-4,7,10H,5-6,8H2,1-2H3,(H,16,19). The molecule has 0 aliphatic carbocycles. The number of likely N-dealkylation sites (N-methyl/N-ethyl adjacent to an activating group) is 1. The van der Waals surface area contributed by atoms with E-state index in [2.05, 4.69) is 10.2 Å². The summed E-state index contributed by atoms with van der Waals surface area (Å²) in [6.07, 6.45) is 0.893. The highest BCUT2D eigenvalue weighted by atomic mass is 16.2. The molecule has 1 N–H and O–H groups in total. The Morgan fingerprint density at radius 2 is 2.10 bits per heavy atom. The van der Waals surface area contributed by atoms with Crippen LogP contribution >= 0.6 is 0 Å². The number of rotatable bonds is 2. The van der Waals surface area contributed by atoms with Crippen LogP contribution in [0.2, 0.25) is 0 Å². The molecule has 1 saturated heterocycles. The van der Waals surface area contributed by atoms with E-state index < -0.39 is 11.7 Å². The van der Waals surface area contributed by atoms with Crippen molar-refractivity contribution in [2.24, 2.45) is 0 Å². The third-order valence-electron chi connectivity index (χ3n) is 4.05. The highest BCUT2D eigenvalue weighted by Gasteiger charge is 2.34. The Labute approximate surface area is 122 Å². The number of carbonyl (C=O) groups excluding carboxylic acids is 3. The first kappa shape index (κ1) is 13.6. The van der Waals surface area contributed by atoms with Gasteiger partial charge in [-0.05, 0) is 24.6 Å². The van der Waals surface area contributed by atoms with Crippen molar-refractivity contribution >= 4 is 29.0 Å². The van der Waals surface area contributed by atoms with Crippen LogP contribution in [-0.2, 0) is 9.59 Å². The molecule has 6 heteroatoms. The third kappa shape index (κ3) is 2.26. The van der Waals surface area contributed by atoms with Crippen LogP contribution in [0.3, 0.4) is 0 Å². The molecule has 1 aromatic carbocycles. The van der Waals surface area contributed by atoms with Crippen LogP contribution in [0.5, 0.6) is 0 Å². The van der Waals surface area contributed by atoms with Gasteiger partial charge in [-0.25, -0.2) is 0 Å². The molecule has 110 valence electrons. The SMILES string of the molecule is CC(=O)NC1CCN(c2ccc3c(c2)N(C)C(=O)C3=O)C1. The summed E-state index contributed by atoms with van der Waals surface area (Å²) in [6, 6.07) is 5.59. The van der Waals surface area contributed by atoms with E-state index in [1.54, 1.807) is 13.1 Å². The molecule has 0 spiro atoms. The molecule has 2 heterocycles. The maximum absolute atomic E-state index is 11.8. The molecule has 1 aromatic rings. The van der Waals surface area contributed by atoms with E-state index >= 15 is 0 Å². The van der Waals surface area contributed by atoms with Crippen molar-refractivity contribution in [2.75, 3.05) is 29.9 Å². The first-order valence-corrected chi connectivity index (χ1v) is 6.96. The van der Waals surface area contributed by atoms with Gasteiger partial charge in [-0.3, -0.25) is 14.4 Å². The number of carbonyl (C=O) groups is 3. The molecule has 0 aromatic heterocycles. The van der Waals surface area contributed by atoms with Crippen molar-refractivity contribution in [1.29, 1.82) is 0 Å². The largest absolute Gasteiger partial charge is 0.369 e. The van der Waals surface area contributed by atoms with Gasteiger partial charge in [0.05, 0.1) is 11.3 Å². The molecular formula is C15H17N3O3. The predicted octanol–water partition coefficient (Wildman–Crippen LogP) is 0.560. The molecule has 1 fully saturated rings. The number of anilines is 2. The minimum absolute atomic E-state index is 0.0215. The van der Waals surface area contributed by atoms with Crippen LogP contribution in [0.25, 0.3) is 0 Å². The van der Waals surface area contributed by atoms with Crippen molar-refractivity contribution in [1.82, 2.24) is 5.32 Å². The van der Waals surface area contributed by atoms with E-state index in [4.69, 9.17) is 0 Å². The van der Waals surface area contributed by atoms with Gasteiger partial charge in [0.1, 0.15) is 0 Å². The molecule has 6 nitrogen and oxygen atoms in total. The fourth-order valence-corrected chi connectivity index (χ4v) is 2.96. The van der Waals surface area contributed by atoms with E-state index in [9.17, 15) is 14.4 Å². The maximum atomic E-state index is 11.8. The minimum Gasteiger partial charge on any atom is -0.369 e. The topological polar surface area (TPSA) is 69.7 Å². The van der Waals surface area contributed by atoms with Gasteiger partial charge >= 0.3 is 0 Å². The normalized spacial score (nSPS) is 21.0. The van der Waals surface area contributed by atoms with Gasteiger partial charge in [0.15, 0.2) is 0 Å². The fourth-order valence-electron chi connectivity index (χ4n) is 2.96. The summed E-state index contributed by atoms with van der Waals surface area (Å²) in [7, 11) is 1.61. The molecule has 3 rings (SSSR count). The summed E-state index contributed by atoms with van der Waals surface area (Å²) in [6.45, 7) is 3.10. The lowest BCUT2D eigenvalue weighted by Gasteiger charge is -2.20. The van der Waals surface area contributed by atoms with Crippen molar-refractivity contribution in [2.45, 2.75) is 19.4 Å². The Balaban J connectivity index is 1.82. The number of nitrogens with one attached hydrogen (secondary N) is 1. The molecule has 2 aliphatic heterocycles. The van der Waals surface area contributed by atoms with Crippen molar-refractivity contribution < 1.29 is 14.4 Å². The van der Waals surface area contributed by atoms with Crippen LogP contribution in [0.4, 0.5) is 11.4 Å². The van der Waals surface area contributed by atoms with Gasteiger partial charge in [0, 0.05) is 38.8 Å². The maximum Gasteiger partial charge on any atom is 0.299 e. The van der Waals surface area contributed by atoms with Crippen molar-refractivity contribution in [3.8, 4) is 0 Å². The number of hydrogen-bond acceptors (Lipinski definition) is 4. The number of benzene rings is 1. The van der Waals surface area contributed by atoms with E-state index in [-0.39, 0.29) is 11.9 Å². The molecule has 1 atom stereocenters. The first-order valence-electron chi connectivity index (χ1n) is 6.96. The Morgan fingerprint density at radius 3 is 2.81 bits per heavy atom. The smallest absolute Gasteiger partial charge is 0.299 e. The number of hydrogen-bond donors (Lipinski definition) is 1. The van der Waals surface area contributed by atoms with Gasteiger partial charge in [0.25, 0.3) is 11.7 Å². The van der Waals surface area contributed by atoms with Crippen LogP contribution < -0.4 is 15.1 Å². The molecule has 2 aliphatic rings. The van der Waals surface area contributed by atoms with E-state index in [0.29, 0.717) is 11.3 Å². The molecule has 0 bridgehead atoms. The van der Waals surface area contributed by atoms with E-state index in [1.807, 2.05) is 12.1 Å². The molecule has 2 amide bonds. The van der Waals surface area contributed by atoms with Crippen molar-refractivity contribution in [3.05, 3.63) is 23.8 Å². The van der Waals surface area contributed by atoms with Crippen molar-refractivity contribution in [3.63, 3.8) is 0 Å². The summed E-state index contributed by atoms with van der Waals surface area (Å²) >= 11 is 0. The summed E-state index contributed by atoms with van der Waals surface area (Å²) in [5, 5.41) is 2.92. The lowest BCUT2D eigenvalue weighted by molar-refractivity contribution is -0.119. The van der Waals surface area contributed by atoms with Gasteiger partial charge in [-0.1, -0.05) is 0 Å². The van der Waals surface area contributed by atoms with Crippen LogP contribution in [0, 0.1) is 0 Å². The Bertz CT molecular complexity index is 641. The van der Waals surface area contributed by atoms with Gasteiger partial charge < -0.3 is 15.1 Å². The molecule has 0 radical (unpaired) electrons. The second-order valence-corrected chi connectivity index (χ2v) is 5.53. The quantitative estimate of drug-likeness (QED) is 0.807. The lowest BCUT2D eigenvalue weighted by atomic mass is 10.1. The first-order chi connectivity index (χ1) is 9.97. The Hall–Kier alpha value is -2.37. The molecule has 1 unspecified atom stereocenters. The summed E-state index contributed by atoms with van der Waals surface area (Å²) < 4.78 is 0. The second-order valence-electron chi connectivity index (χ2n) is 5.53. The number of amides is 2. The Morgan fingerprint density at radius 1 is 1.33 bits per heavy atom. The molecule has 21 heavy (non-hydrogen) atoms. The summed E-state index contributed by atoms with van der Waals surface area (Å²) in [5.41, 5.74) is 2.09. The van der Waals surface area contributed by atoms with Crippen LogP contribution in [-0.4, -0.2) is 43.8 Å². The highest BCUT2D eigenvalue weighted by molar-refractivity contribution is 6.52. The zero-order valence-electron chi connectivity index (χ0n) is 12.0. The van der Waals surface area contributed by atoms with Gasteiger partial charge in [-0.15, -0.1) is 0 Å².